The summed E-state index contributed by atoms with van der Waals surface area (Å²) in [6, 6.07) is 8.52. The maximum Gasteiger partial charge on any atom is 0.372 e. The Balaban J connectivity index is 1.88. The molecule has 0 saturated heterocycles. The minimum atomic E-state index is -0.653. The second-order valence-corrected chi connectivity index (χ2v) is 4.86. The van der Waals surface area contributed by atoms with Gasteiger partial charge >= 0.3 is 5.97 Å². The lowest BCUT2D eigenvalue weighted by atomic mass is 10.2. The highest BCUT2D eigenvalue weighted by molar-refractivity contribution is 6.30. The number of hydrogen-bond donors (Lipinski definition) is 1. The van der Waals surface area contributed by atoms with Gasteiger partial charge < -0.3 is 15.3 Å². The first-order valence-electron chi connectivity index (χ1n) is 6.45. The highest BCUT2D eigenvalue weighted by atomic mass is 35.5. The third kappa shape index (κ3) is 4.46. The van der Waals surface area contributed by atoms with Crippen LogP contribution in [0.4, 0.5) is 0 Å². The molecule has 7 heteroatoms. The number of halogens is 1. The van der Waals surface area contributed by atoms with Gasteiger partial charge in [-0.3, -0.25) is 0 Å². The van der Waals surface area contributed by atoms with Gasteiger partial charge in [0, 0.05) is 22.7 Å². The van der Waals surface area contributed by atoms with Crippen molar-refractivity contribution in [3.8, 4) is 5.75 Å². The predicted octanol–water partition coefficient (Wildman–Crippen LogP) is 1.71. The summed E-state index contributed by atoms with van der Waals surface area (Å²) in [6.07, 6.45) is 3.37. The van der Waals surface area contributed by atoms with Crippen LogP contribution in [0.1, 0.15) is 11.1 Å². The zero-order valence-corrected chi connectivity index (χ0v) is 12.6. The van der Waals surface area contributed by atoms with Crippen LogP contribution in [0, 0.1) is 6.92 Å². The third-order valence-corrected chi connectivity index (χ3v) is 2.98. The monoisotopic (exact) mass is 320 g/mol. The SMILES string of the molecule is Cc1cc(Cl)ccc1OCC(=O)ON=C(N)c1cc[nH+]cc1. The molecule has 3 N–H and O–H groups in total. The van der Waals surface area contributed by atoms with E-state index in [1.54, 1.807) is 42.7 Å². The van der Waals surface area contributed by atoms with E-state index in [0.717, 1.165) is 5.56 Å². The molecule has 2 aromatic rings. The molecular formula is C15H15ClN3O3+. The summed E-state index contributed by atoms with van der Waals surface area (Å²) in [7, 11) is 0. The predicted molar refractivity (Wildman–Crippen MR) is 81.5 cm³/mol. The Hall–Kier alpha value is -2.60. The van der Waals surface area contributed by atoms with E-state index < -0.39 is 5.97 Å². The van der Waals surface area contributed by atoms with Gasteiger partial charge in [0.15, 0.2) is 24.8 Å². The molecule has 0 radical (unpaired) electrons. The van der Waals surface area contributed by atoms with Gasteiger partial charge in [0.2, 0.25) is 0 Å². The van der Waals surface area contributed by atoms with Crippen LogP contribution in [0.2, 0.25) is 5.02 Å². The largest absolute Gasteiger partial charge is 0.482 e. The molecule has 6 nitrogen and oxygen atoms in total. The molecule has 0 atom stereocenters. The molecular weight excluding hydrogens is 306 g/mol. The van der Waals surface area contributed by atoms with Gasteiger partial charge in [-0.25, -0.2) is 9.78 Å². The summed E-state index contributed by atoms with van der Waals surface area (Å²) < 4.78 is 5.34. The lowest BCUT2D eigenvalue weighted by Crippen LogP contribution is -2.18. The van der Waals surface area contributed by atoms with Crippen LogP contribution in [-0.4, -0.2) is 18.4 Å². The standard InChI is InChI=1S/C15H14ClN3O3/c1-10-8-12(16)2-3-13(10)21-9-14(20)22-19-15(17)11-4-6-18-7-5-11/h2-8H,9H2,1H3,(H2,17,19)/p+1. The number of aromatic nitrogens is 1. The second-order valence-electron chi connectivity index (χ2n) is 4.43. The first-order valence-corrected chi connectivity index (χ1v) is 6.83. The molecule has 114 valence electrons. The molecule has 2 rings (SSSR count). The molecule has 0 aliphatic carbocycles. The van der Waals surface area contributed by atoms with E-state index in [4.69, 9.17) is 26.9 Å². The average Bonchev–Trinajstić information content (AvgIpc) is 2.52. The van der Waals surface area contributed by atoms with E-state index in [1.807, 2.05) is 6.92 Å². The summed E-state index contributed by atoms with van der Waals surface area (Å²) >= 11 is 5.84. The number of amidine groups is 1. The molecule has 22 heavy (non-hydrogen) atoms. The number of oxime groups is 1. The van der Waals surface area contributed by atoms with E-state index in [1.165, 1.54) is 0 Å². The number of nitrogens with two attached hydrogens (primary N) is 1. The zero-order chi connectivity index (χ0) is 15.9. The number of carbonyl (C=O) groups is 1. The van der Waals surface area contributed by atoms with Crippen LogP contribution in [0.15, 0.2) is 47.9 Å². The van der Waals surface area contributed by atoms with Crippen LogP contribution >= 0.6 is 11.6 Å². The number of carbonyl (C=O) groups excluding carboxylic acids is 1. The highest BCUT2D eigenvalue weighted by Gasteiger charge is 2.08. The summed E-state index contributed by atoms with van der Waals surface area (Å²) in [5.74, 6) is 0.00159. The summed E-state index contributed by atoms with van der Waals surface area (Å²) in [6.45, 7) is 1.55. The van der Waals surface area contributed by atoms with Crippen molar-refractivity contribution in [2.75, 3.05) is 6.61 Å². The van der Waals surface area contributed by atoms with Crippen LogP contribution < -0.4 is 15.5 Å². The van der Waals surface area contributed by atoms with Crippen molar-refractivity contribution in [1.29, 1.82) is 0 Å². The highest BCUT2D eigenvalue weighted by Crippen LogP contribution is 2.21. The van der Waals surface area contributed by atoms with Crippen molar-refractivity contribution in [2.45, 2.75) is 6.92 Å². The number of rotatable bonds is 5. The minimum absolute atomic E-state index is 0.102. The Labute approximate surface area is 132 Å². The van der Waals surface area contributed by atoms with E-state index in [-0.39, 0.29) is 12.4 Å². The number of aryl methyl sites for hydroxylation is 1. The lowest BCUT2D eigenvalue weighted by Gasteiger charge is -2.07. The third-order valence-electron chi connectivity index (χ3n) is 2.74. The van der Waals surface area contributed by atoms with Gasteiger partial charge in [-0.05, 0) is 30.7 Å². The normalized spacial score (nSPS) is 11.1. The number of nitrogens with one attached hydrogen (secondary N) is 1. The van der Waals surface area contributed by atoms with Crippen LogP contribution in [0.25, 0.3) is 0 Å². The van der Waals surface area contributed by atoms with Crippen molar-refractivity contribution < 1.29 is 19.4 Å². The Morgan fingerprint density at radius 3 is 2.73 bits per heavy atom. The van der Waals surface area contributed by atoms with Gasteiger partial charge in [-0.2, -0.15) is 0 Å². The van der Waals surface area contributed by atoms with Gasteiger partial charge in [0.1, 0.15) is 5.75 Å². The smallest absolute Gasteiger partial charge is 0.372 e. The number of aromatic amines is 1. The molecule has 0 saturated carbocycles. The second kappa shape index (κ2) is 7.42. The van der Waals surface area contributed by atoms with Gasteiger partial charge in [-0.15, -0.1) is 0 Å². The zero-order valence-electron chi connectivity index (χ0n) is 11.9. The van der Waals surface area contributed by atoms with Crippen molar-refractivity contribution in [2.24, 2.45) is 10.9 Å². The summed E-state index contributed by atoms with van der Waals surface area (Å²) in [5, 5.41) is 4.17. The lowest BCUT2D eigenvalue weighted by molar-refractivity contribution is -0.378. The van der Waals surface area contributed by atoms with Crippen LogP contribution in [-0.2, 0) is 9.63 Å². The first kappa shape index (κ1) is 15.8. The molecule has 1 aromatic heterocycles. The minimum Gasteiger partial charge on any atom is -0.482 e. The fourth-order valence-electron chi connectivity index (χ4n) is 1.65. The molecule has 0 aliphatic rings. The maximum absolute atomic E-state index is 11.6. The number of benzene rings is 1. The first-order chi connectivity index (χ1) is 10.6. The fourth-order valence-corrected chi connectivity index (χ4v) is 1.87. The van der Waals surface area contributed by atoms with Crippen molar-refractivity contribution in [1.82, 2.24) is 0 Å². The number of nitrogens with zero attached hydrogens (tertiary/aromatic N) is 1. The van der Waals surface area contributed by atoms with Crippen LogP contribution in [0.5, 0.6) is 5.75 Å². The molecule has 0 bridgehead atoms. The Morgan fingerprint density at radius 2 is 2.05 bits per heavy atom. The number of ether oxygens (including phenoxy) is 1. The van der Waals surface area contributed by atoms with Gasteiger partial charge in [0.05, 0.1) is 0 Å². The maximum atomic E-state index is 11.6. The quantitative estimate of drug-likeness (QED) is 0.393. The molecule has 0 spiro atoms. The van der Waals surface area contributed by atoms with Crippen molar-refractivity contribution in [3.63, 3.8) is 0 Å². The van der Waals surface area contributed by atoms with E-state index >= 15 is 0 Å². The molecule has 0 amide bonds. The molecule has 1 aromatic carbocycles. The number of hydrogen-bond acceptors (Lipinski definition) is 4. The fraction of sp³-hybridized carbons (Fsp3) is 0.133. The van der Waals surface area contributed by atoms with Crippen LogP contribution in [0.3, 0.4) is 0 Å². The molecule has 1 heterocycles. The summed E-state index contributed by atoms with van der Waals surface area (Å²) in [4.78, 5) is 19.1. The Morgan fingerprint density at radius 1 is 1.32 bits per heavy atom. The summed E-state index contributed by atoms with van der Waals surface area (Å²) in [5.41, 5.74) is 7.16. The van der Waals surface area contributed by atoms with Crippen molar-refractivity contribution in [3.05, 3.63) is 58.9 Å². The Kier molecular flexibility index (Phi) is 5.32. The van der Waals surface area contributed by atoms with Gasteiger partial charge in [0.25, 0.3) is 0 Å². The number of pyridine rings is 1. The van der Waals surface area contributed by atoms with Gasteiger partial charge in [-0.1, -0.05) is 16.8 Å². The Bertz CT molecular complexity index is 690. The average molecular weight is 321 g/mol. The van der Waals surface area contributed by atoms with E-state index in [9.17, 15) is 4.79 Å². The topological polar surface area (TPSA) is 88.0 Å². The molecule has 0 fully saturated rings. The van der Waals surface area contributed by atoms with E-state index in [0.29, 0.717) is 16.3 Å². The van der Waals surface area contributed by atoms with E-state index in [2.05, 4.69) is 10.1 Å². The number of H-pyrrole nitrogens is 1. The van der Waals surface area contributed by atoms with Crippen molar-refractivity contribution >= 4 is 23.4 Å². The molecule has 0 unspecified atom stereocenters. The molecule has 0 aliphatic heterocycles.